The second-order valence-corrected chi connectivity index (χ2v) is 6.46. The number of nitrogens with zero attached hydrogens (tertiary/aromatic N) is 2. The summed E-state index contributed by atoms with van der Waals surface area (Å²) in [6, 6.07) is 25.0. The third-order valence-electron chi connectivity index (χ3n) is 4.46. The lowest BCUT2D eigenvalue weighted by molar-refractivity contribution is 0.102. The first-order valence-corrected chi connectivity index (χ1v) is 9.19. The molecule has 1 N–H and O–H groups in total. The quantitative estimate of drug-likeness (QED) is 0.538. The summed E-state index contributed by atoms with van der Waals surface area (Å²) in [5, 5.41) is 12.6. The molecule has 0 fully saturated rings. The van der Waals surface area contributed by atoms with Gasteiger partial charge in [-0.25, -0.2) is 4.99 Å². The molecule has 0 spiro atoms. The molecule has 0 bridgehead atoms. The standard InChI is InChI=1S/C24H17N3O3/c1-29-20-11-12-22-17(13-20)14-21(23(28)26-18-5-3-2-4-6-18)24(30-22)27-19-9-7-16(15-25)8-10-19/h2-14H,1H3,(H,26,28). The summed E-state index contributed by atoms with van der Waals surface area (Å²) in [7, 11) is 1.58. The van der Waals surface area contributed by atoms with Crippen LogP contribution in [0.15, 0.2) is 88.3 Å². The van der Waals surface area contributed by atoms with Gasteiger partial charge in [0.1, 0.15) is 16.9 Å². The number of nitrogens with one attached hydrogen (secondary N) is 1. The number of carbonyl (C=O) groups excluding carboxylic acids is 1. The third-order valence-corrected chi connectivity index (χ3v) is 4.46. The van der Waals surface area contributed by atoms with Crippen LogP contribution in [-0.4, -0.2) is 13.0 Å². The number of rotatable bonds is 4. The molecule has 146 valence electrons. The van der Waals surface area contributed by atoms with Crippen LogP contribution in [-0.2, 0) is 0 Å². The number of hydrogen-bond acceptors (Lipinski definition) is 5. The van der Waals surface area contributed by atoms with Crippen LogP contribution in [0.25, 0.3) is 11.0 Å². The second-order valence-electron chi connectivity index (χ2n) is 6.46. The Hall–Kier alpha value is -4.37. The van der Waals surface area contributed by atoms with E-state index in [9.17, 15) is 4.79 Å². The van der Waals surface area contributed by atoms with E-state index in [4.69, 9.17) is 14.4 Å². The van der Waals surface area contributed by atoms with E-state index in [2.05, 4.69) is 16.4 Å². The number of benzene rings is 3. The molecule has 0 radical (unpaired) electrons. The van der Waals surface area contributed by atoms with Crippen LogP contribution < -0.4 is 15.6 Å². The van der Waals surface area contributed by atoms with Gasteiger partial charge in [0.05, 0.1) is 24.4 Å². The lowest BCUT2D eigenvalue weighted by Gasteiger charge is -2.08. The fourth-order valence-electron chi connectivity index (χ4n) is 2.93. The molecule has 0 aliphatic rings. The normalized spacial score (nSPS) is 11.1. The summed E-state index contributed by atoms with van der Waals surface area (Å²) in [5.74, 6) is 0.311. The predicted octanol–water partition coefficient (Wildman–Crippen LogP) is 4.80. The maximum Gasteiger partial charge on any atom is 0.261 e. The number of hydrogen-bond donors (Lipinski definition) is 1. The van der Waals surface area contributed by atoms with E-state index in [0.717, 1.165) is 0 Å². The highest BCUT2D eigenvalue weighted by atomic mass is 16.5. The fraction of sp³-hybridized carbons (Fsp3) is 0.0417. The van der Waals surface area contributed by atoms with Gasteiger partial charge in [-0.05, 0) is 60.7 Å². The number of anilines is 1. The Morgan fingerprint density at radius 2 is 1.80 bits per heavy atom. The van der Waals surface area contributed by atoms with Crippen molar-refractivity contribution in [2.24, 2.45) is 4.99 Å². The molecule has 0 unspecified atom stereocenters. The van der Waals surface area contributed by atoms with Crippen molar-refractivity contribution in [2.75, 3.05) is 12.4 Å². The smallest absolute Gasteiger partial charge is 0.261 e. The molecule has 0 aliphatic carbocycles. The summed E-state index contributed by atoms with van der Waals surface area (Å²) in [6.07, 6.45) is 0. The Morgan fingerprint density at radius 3 is 2.50 bits per heavy atom. The minimum Gasteiger partial charge on any atom is -0.497 e. The lowest BCUT2D eigenvalue weighted by atomic mass is 10.1. The van der Waals surface area contributed by atoms with E-state index in [-0.39, 0.29) is 17.0 Å². The number of ether oxygens (including phenoxy) is 1. The Kier molecular flexibility index (Phi) is 5.27. The van der Waals surface area contributed by atoms with Crippen molar-refractivity contribution in [1.29, 1.82) is 5.26 Å². The van der Waals surface area contributed by atoms with Crippen LogP contribution >= 0.6 is 0 Å². The summed E-state index contributed by atoms with van der Waals surface area (Å²) in [6.45, 7) is 0. The van der Waals surface area contributed by atoms with Gasteiger partial charge in [-0.3, -0.25) is 4.79 Å². The Labute approximate surface area is 172 Å². The molecule has 1 aromatic heterocycles. The zero-order chi connectivity index (χ0) is 20.9. The van der Waals surface area contributed by atoms with Crippen molar-refractivity contribution in [2.45, 2.75) is 0 Å². The van der Waals surface area contributed by atoms with Gasteiger partial charge in [-0.1, -0.05) is 18.2 Å². The van der Waals surface area contributed by atoms with Crippen molar-refractivity contribution < 1.29 is 13.9 Å². The topological polar surface area (TPSA) is 87.6 Å². The molecule has 6 nitrogen and oxygen atoms in total. The van der Waals surface area contributed by atoms with E-state index in [1.807, 2.05) is 18.2 Å². The van der Waals surface area contributed by atoms with Gasteiger partial charge in [0.2, 0.25) is 5.55 Å². The van der Waals surface area contributed by atoms with E-state index in [1.165, 1.54) is 0 Å². The summed E-state index contributed by atoms with van der Waals surface area (Å²) in [4.78, 5) is 17.5. The zero-order valence-corrected chi connectivity index (χ0v) is 16.1. The lowest BCUT2D eigenvalue weighted by Crippen LogP contribution is -2.21. The highest BCUT2D eigenvalue weighted by Gasteiger charge is 2.14. The van der Waals surface area contributed by atoms with E-state index < -0.39 is 0 Å². The van der Waals surface area contributed by atoms with Gasteiger partial charge < -0.3 is 14.5 Å². The highest BCUT2D eigenvalue weighted by Crippen LogP contribution is 2.21. The van der Waals surface area contributed by atoms with Crippen molar-refractivity contribution in [3.05, 3.63) is 95.5 Å². The molecule has 30 heavy (non-hydrogen) atoms. The van der Waals surface area contributed by atoms with E-state index in [1.54, 1.807) is 67.8 Å². The van der Waals surface area contributed by atoms with Gasteiger partial charge in [0, 0.05) is 11.1 Å². The predicted molar refractivity (Wildman–Crippen MR) is 114 cm³/mol. The molecule has 1 heterocycles. The summed E-state index contributed by atoms with van der Waals surface area (Å²) in [5.41, 5.74) is 2.78. The van der Waals surface area contributed by atoms with Gasteiger partial charge in [-0.2, -0.15) is 5.26 Å². The van der Waals surface area contributed by atoms with Crippen molar-refractivity contribution >= 4 is 28.3 Å². The average Bonchev–Trinajstić information content (AvgIpc) is 2.79. The van der Waals surface area contributed by atoms with Crippen molar-refractivity contribution in [3.8, 4) is 11.8 Å². The Balaban J connectivity index is 1.85. The molecule has 6 heteroatoms. The minimum atomic E-state index is -0.345. The first kappa shape index (κ1) is 19.0. The largest absolute Gasteiger partial charge is 0.497 e. The van der Waals surface area contributed by atoms with Crippen molar-refractivity contribution in [1.82, 2.24) is 0 Å². The first-order chi connectivity index (χ1) is 14.7. The minimum absolute atomic E-state index is 0.172. The third kappa shape index (κ3) is 4.05. The number of amides is 1. The summed E-state index contributed by atoms with van der Waals surface area (Å²) < 4.78 is 11.2. The molecule has 0 atom stereocenters. The maximum atomic E-state index is 13.0. The molecule has 4 aromatic rings. The Bertz CT molecular complexity index is 1320. The summed E-state index contributed by atoms with van der Waals surface area (Å²) >= 11 is 0. The molecule has 0 aliphatic heterocycles. The van der Waals surface area contributed by atoms with Gasteiger partial charge in [-0.15, -0.1) is 0 Å². The monoisotopic (exact) mass is 395 g/mol. The molecule has 3 aromatic carbocycles. The SMILES string of the molecule is COc1ccc2oc(=Nc3ccc(C#N)cc3)c(C(=O)Nc3ccccc3)cc2c1. The molecule has 4 rings (SSSR count). The molecular formula is C24H17N3O3. The van der Waals surface area contributed by atoms with Crippen LogP contribution in [0, 0.1) is 11.3 Å². The Morgan fingerprint density at radius 1 is 1.03 bits per heavy atom. The van der Waals surface area contributed by atoms with E-state index >= 15 is 0 Å². The second kappa shape index (κ2) is 8.33. The average molecular weight is 395 g/mol. The number of methoxy groups -OCH3 is 1. The van der Waals surface area contributed by atoms with Gasteiger partial charge in [0.15, 0.2) is 0 Å². The van der Waals surface area contributed by atoms with Gasteiger partial charge in [0.25, 0.3) is 5.91 Å². The maximum absolute atomic E-state index is 13.0. The molecular weight excluding hydrogens is 378 g/mol. The number of carbonyl (C=O) groups is 1. The fourth-order valence-corrected chi connectivity index (χ4v) is 2.93. The van der Waals surface area contributed by atoms with Crippen LogP contribution in [0.4, 0.5) is 11.4 Å². The number of fused-ring (bicyclic) bond motifs is 1. The van der Waals surface area contributed by atoms with Crippen molar-refractivity contribution in [3.63, 3.8) is 0 Å². The van der Waals surface area contributed by atoms with E-state index in [0.29, 0.717) is 33.7 Å². The number of para-hydroxylation sites is 1. The van der Waals surface area contributed by atoms with Gasteiger partial charge >= 0.3 is 0 Å². The van der Waals surface area contributed by atoms with Crippen LogP contribution in [0.5, 0.6) is 5.75 Å². The highest BCUT2D eigenvalue weighted by molar-refractivity contribution is 6.05. The molecule has 0 saturated heterocycles. The van der Waals surface area contributed by atoms with Crippen LogP contribution in [0.3, 0.4) is 0 Å². The van der Waals surface area contributed by atoms with Crippen LogP contribution in [0.1, 0.15) is 15.9 Å². The van der Waals surface area contributed by atoms with Crippen LogP contribution in [0.2, 0.25) is 0 Å². The first-order valence-electron chi connectivity index (χ1n) is 9.19. The number of nitriles is 1. The molecule has 1 amide bonds. The molecule has 0 saturated carbocycles. The zero-order valence-electron chi connectivity index (χ0n) is 16.1.